The molecule has 0 saturated heterocycles. The summed E-state index contributed by atoms with van der Waals surface area (Å²) in [5, 5.41) is 8.21. The number of aromatic nitrogens is 2. The van der Waals surface area contributed by atoms with Gasteiger partial charge in [0.25, 0.3) is 0 Å². The van der Waals surface area contributed by atoms with Crippen LogP contribution >= 0.6 is 11.3 Å². The first-order valence-electron chi connectivity index (χ1n) is 10.4. The highest BCUT2D eigenvalue weighted by Gasteiger charge is 2.23. The zero-order valence-corrected chi connectivity index (χ0v) is 20.3. The number of rotatable bonds is 8. The summed E-state index contributed by atoms with van der Waals surface area (Å²) in [6.45, 7) is 4.27. The van der Waals surface area contributed by atoms with Gasteiger partial charge >= 0.3 is 0 Å². The normalized spacial score (nSPS) is 11.6. The first-order chi connectivity index (χ1) is 15.8. The molecule has 1 N–H and O–H groups in total. The van der Waals surface area contributed by atoms with Crippen molar-refractivity contribution in [1.29, 1.82) is 0 Å². The summed E-state index contributed by atoms with van der Waals surface area (Å²) >= 11 is 1.26. The number of amides is 1. The Kier molecular flexibility index (Phi) is 6.53. The van der Waals surface area contributed by atoms with E-state index in [0.29, 0.717) is 34.1 Å². The van der Waals surface area contributed by atoms with E-state index < -0.39 is 9.84 Å². The summed E-state index contributed by atoms with van der Waals surface area (Å²) in [4.78, 5) is 12.2. The third-order valence-corrected chi connectivity index (χ3v) is 8.46. The summed E-state index contributed by atoms with van der Waals surface area (Å²) in [6.07, 6.45) is 0. The molecule has 9 heteroatoms. The second-order valence-corrected chi connectivity index (χ2v) is 11.3. The average Bonchev–Trinajstić information content (AvgIpc) is 3.37. The molecular formula is C24H25N3O4S2. The number of sulfone groups is 1. The molecule has 0 aliphatic carbocycles. The quantitative estimate of drug-likeness (QED) is 0.408. The van der Waals surface area contributed by atoms with Crippen molar-refractivity contribution in [1.82, 2.24) is 15.1 Å². The number of benzene rings is 2. The Bertz CT molecular complexity index is 1420. The summed E-state index contributed by atoms with van der Waals surface area (Å²) < 4.78 is 33.9. The molecule has 172 valence electrons. The van der Waals surface area contributed by atoms with E-state index >= 15 is 0 Å². The molecule has 0 atom stereocenters. The topological polar surface area (TPSA) is 90.3 Å². The predicted octanol–water partition coefficient (Wildman–Crippen LogP) is 4.07. The van der Waals surface area contributed by atoms with Gasteiger partial charge in [-0.05, 0) is 42.3 Å². The maximum Gasteiger partial charge on any atom is 0.217 e. The van der Waals surface area contributed by atoms with E-state index in [2.05, 4.69) is 5.32 Å². The van der Waals surface area contributed by atoms with Gasteiger partial charge in [-0.3, -0.25) is 9.48 Å². The van der Waals surface area contributed by atoms with Crippen LogP contribution in [0.25, 0.3) is 10.9 Å². The number of thiophene rings is 1. The summed E-state index contributed by atoms with van der Waals surface area (Å²) in [5.41, 5.74) is 3.23. The van der Waals surface area contributed by atoms with Crippen LogP contribution in [-0.4, -0.2) is 31.2 Å². The first kappa shape index (κ1) is 23.0. The molecule has 1 amide bonds. The van der Waals surface area contributed by atoms with E-state index in [9.17, 15) is 13.2 Å². The minimum Gasteiger partial charge on any atom is -0.496 e. The van der Waals surface area contributed by atoms with Crippen LogP contribution in [0, 0.1) is 6.92 Å². The lowest BCUT2D eigenvalue weighted by Gasteiger charge is -2.08. The number of carbonyl (C=O) groups is 1. The maximum absolute atomic E-state index is 13.1. The predicted molar refractivity (Wildman–Crippen MR) is 129 cm³/mol. The van der Waals surface area contributed by atoms with Crippen molar-refractivity contribution in [2.24, 2.45) is 0 Å². The number of methoxy groups -OCH3 is 1. The van der Waals surface area contributed by atoms with E-state index in [1.54, 1.807) is 17.9 Å². The fourth-order valence-corrected chi connectivity index (χ4v) is 6.38. The van der Waals surface area contributed by atoms with Crippen LogP contribution in [0.3, 0.4) is 0 Å². The number of hydrogen-bond acceptors (Lipinski definition) is 6. The van der Waals surface area contributed by atoms with E-state index in [4.69, 9.17) is 9.84 Å². The summed E-state index contributed by atoms with van der Waals surface area (Å²) in [5.74, 6) is 0.294. The van der Waals surface area contributed by atoms with Gasteiger partial charge in [0.2, 0.25) is 5.91 Å². The van der Waals surface area contributed by atoms with Gasteiger partial charge < -0.3 is 10.1 Å². The maximum atomic E-state index is 13.1. The Labute approximate surface area is 196 Å². The fourth-order valence-electron chi connectivity index (χ4n) is 3.73. The summed E-state index contributed by atoms with van der Waals surface area (Å²) in [6, 6.07) is 16.9. The Morgan fingerprint density at radius 3 is 2.58 bits per heavy atom. The lowest BCUT2D eigenvalue weighted by Crippen LogP contribution is -2.19. The molecule has 0 aliphatic rings. The van der Waals surface area contributed by atoms with Crippen LogP contribution in [-0.2, 0) is 33.5 Å². The third kappa shape index (κ3) is 5.09. The summed E-state index contributed by atoms with van der Waals surface area (Å²) in [7, 11) is -1.98. The molecule has 0 fully saturated rings. The first-order valence-corrected chi connectivity index (χ1v) is 12.9. The average molecular weight is 484 g/mol. The molecule has 0 radical (unpaired) electrons. The van der Waals surface area contributed by atoms with Gasteiger partial charge in [0.05, 0.1) is 30.3 Å². The number of carbonyl (C=O) groups excluding carboxylic acids is 1. The molecule has 0 saturated carbocycles. The van der Waals surface area contributed by atoms with Crippen molar-refractivity contribution < 1.29 is 17.9 Å². The molecule has 2 aromatic heterocycles. The van der Waals surface area contributed by atoms with Crippen molar-refractivity contribution >= 4 is 38.0 Å². The molecule has 33 heavy (non-hydrogen) atoms. The zero-order valence-electron chi connectivity index (χ0n) is 18.7. The van der Waals surface area contributed by atoms with E-state index in [0.717, 1.165) is 21.5 Å². The van der Waals surface area contributed by atoms with Crippen LogP contribution in [0.1, 0.15) is 28.6 Å². The SMILES string of the molecule is COc1cccc2c1c(CS(=O)(=O)c1ccc(C)s1)nn2Cc1cccc(CNC(C)=O)c1. The Morgan fingerprint density at radius 1 is 1.12 bits per heavy atom. The van der Waals surface area contributed by atoms with Gasteiger partial charge in [0.1, 0.15) is 15.7 Å². The van der Waals surface area contributed by atoms with Crippen molar-refractivity contribution in [2.45, 2.75) is 36.9 Å². The van der Waals surface area contributed by atoms with Crippen molar-refractivity contribution in [3.8, 4) is 5.75 Å². The van der Waals surface area contributed by atoms with Gasteiger partial charge in [-0.2, -0.15) is 5.10 Å². The molecule has 0 spiro atoms. The van der Waals surface area contributed by atoms with Crippen LogP contribution in [0.2, 0.25) is 0 Å². The number of hydrogen-bond donors (Lipinski definition) is 1. The fraction of sp³-hybridized carbons (Fsp3) is 0.250. The monoisotopic (exact) mass is 483 g/mol. The van der Waals surface area contributed by atoms with Crippen LogP contribution in [0.4, 0.5) is 0 Å². The van der Waals surface area contributed by atoms with Crippen molar-refractivity contribution in [3.63, 3.8) is 0 Å². The molecule has 4 aromatic rings. The molecule has 2 heterocycles. The van der Waals surface area contributed by atoms with Gasteiger partial charge in [-0.1, -0.05) is 30.3 Å². The highest BCUT2D eigenvalue weighted by atomic mass is 32.2. The molecule has 2 aromatic carbocycles. The van der Waals surface area contributed by atoms with Gasteiger partial charge in [0, 0.05) is 18.3 Å². The standard InChI is InChI=1S/C24H25N3O4S2/c1-16-10-11-23(32-16)33(29,30)15-20-24-21(8-5-9-22(24)31-3)27(26-20)14-19-7-4-6-18(12-19)13-25-17(2)28/h4-12H,13-15H2,1-3H3,(H,25,28). The lowest BCUT2D eigenvalue weighted by molar-refractivity contribution is -0.119. The molecule has 0 unspecified atom stereocenters. The Hall–Kier alpha value is -3.17. The minimum absolute atomic E-state index is 0.0858. The molecule has 0 aliphatic heterocycles. The third-order valence-electron chi connectivity index (χ3n) is 5.25. The second-order valence-electron chi connectivity index (χ2n) is 7.81. The highest BCUT2D eigenvalue weighted by Crippen LogP contribution is 2.32. The number of aryl methyl sites for hydroxylation is 1. The van der Waals surface area contributed by atoms with Crippen LogP contribution in [0.15, 0.2) is 58.8 Å². The Morgan fingerprint density at radius 2 is 1.88 bits per heavy atom. The van der Waals surface area contributed by atoms with E-state index in [1.165, 1.54) is 18.3 Å². The number of ether oxygens (including phenoxy) is 1. The highest BCUT2D eigenvalue weighted by molar-refractivity contribution is 7.92. The van der Waals surface area contributed by atoms with Gasteiger partial charge in [-0.25, -0.2) is 8.42 Å². The van der Waals surface area contributed by atoms with E-state index in [-0.39, 0.29) is 11.7 Å². The number of nitrogens with zero attached hydrogens (tertiary/aromatic N) is 2. The molecule has 4 rings (SSSR count). The Balaban J connectivity index is 1.72. The number of fused-ring (bicyclic) bond motifs is 1. The zero-order chi connectivity index (χ0) is 23.6. The van der Waals surface area contributed by atoms with Crippen LogP contribution < -0.4 is 10.1 Å². The lowest BCUT2D eigenvalue weighted by atomic mass is 10.1. The van der Waals surface area contributed by atoms with Crippen LogP contribution in [0.5, 0.6) is 5.75 Å². The van der Waals surface area contributed by atoms with Gasteiger partial charge in [-0.15, -0.1) is 11.3 Å². The minimum atomic E-state index is -3.54. The van der Waals surface area contributed by atoms with Gasteiger partial charge in [0.15, 0.2) is 9.84 Å². The largest absolute Gasteiger partial charge is 0.496 e. The molecule has 7 nitrogen and oxygen atoms in total. The van der Waals surface area contributed by atoms with E-state index in [1.807, 2.05) is 55.5 Å². The smallest absolute Gasteiger partial charge is 0.217 e. The second kappa shape index (κ2) is 9.36. The molecule has 0 bridgehead atoms. The number of nitrogens with one attached hydrogen (secondary N) is 1. The molecular weight excluding hydrogens is 458 g/mol. The van der Waals surface area contributed by atoms with Crippen molar-refractivity contribution in [3.05, 3.63) is 76.3 Å². The van der Waals surface area contributed by atoms with Crippen molar-refractivity contribution in [2.75, 3.05) is 7.11 Å².